The SMILES string of the molecule is CCC1Cc2cc(O)c(OC3CC(Cc4ccc[nH]4)C4=CCNC(N)=C4CSSCC(CO)C3O)cc2C2CC(O)C3C(C#CC(CCO)(CC(CCc4ccccc4)c4ccccc4)CC(O)CCC3OCCO)C=C12. The van der Waals surface area contributed by atoms with Gasteiger partial charge in [-0.15, -0.1) is 0 Å². The Hall–Kier alpha value is -4.66. The fraction of sp³-hybridized carbons (Fsp3) is 0.524. The Labute approximate surface area is 463 Å². The summed E-state index contributed by atoms with van der Waals surface area (Å²) in [6, 6.07) is 28.8. The van der Waals surface area contributed by atoms with Gasteiger partial charge in [0, 0.05) is 77.8 Å². The highest BCUT2D eigenvalue weighted by molar-refractivity contribution is 8.76. The maximum absolute atomic E-state index is 12.9. The van der Waals surface area contributed by atoms with E-state index >= 15 is 0 Å². The monoisotopic (exact) mass is 1090 g/mol. The Kier molecular flexibility index (Phi) is 20.0. The second-order valence-corrected chi connectivity index (χ2v) is 24.8. The molecule has 77 heavy (non-hydrogen) atoms. The second kappa shape index (κ2) is 27.0. The van der Waals surface area contributed by atoms with Crippen LogP contribution in [0.15, 0.2) is 126 Å². The predicted molar refractivity (Wildman–Crippen MR) is 307 cm³/mol. The van der Waals surface area contributed by atoms with E-state index < -0.39 is 53.7 Å². The minimum atomic E-state index is -1.08. The molecule has 1 aromatic heterocycles. The van der Waals surface area contributed by atoms with Crippen molar-refractivity contribution in [3.05, 3.63) is 154 Å². The zero-order chi connectivity index (χ0) is 53.9. The van der Waals surface area contributed by atoms with E-state index in [1.54, 1.807) is 27.7 Å². The average Bonchev–Trinajstić information content (AvgIpc) is 3.94. The Morgan fingerprint density at radius 1 is 0.909 bits per heavy atom. The first-order chi connectivity index (χ1) is 37.5. The molecule has 13 unspecified atom stereocenters. The first kappa shape index (κ1) is 57.0. The highest BCUT2D eigenvalue weighted by atomic mass is 33.1. The molecule has 1 saturated heterocycles. The molecule has 5 aliphatic rings. The molecule has 0 bridgehead atoms. The van der Waals surface area contributed by atoms with Crippen molar-refractivity contribution in [2.45, 2.75) is 126 Å². The summed E-state index contributed by atoms with van der Waals surface area (Å²) in [6.07, 6.45) is 9.02. The van der Waals surface area contributed by atoms with Crippen molar-refractivity contribution in [3.8, 4) is 23.3 Å². The normalized spacial score (nSPS) is 30.2. The molecule has 13 atom stereocenters. The van der Waals surface area contributed by atoms with Crippen LogP contribution in [0.1, 0.15) is 104 Å². The minimum Gasteiger partial charge on any atom is -0.504 e. The molecule has 3 aliphatic carbocycles. The number of aromatic hydroxyl groups is 1. The van der Waals surface area contributed by atoms with Crippen LogP contribution in [-0.2, 0) is 24.0 Å². The number of fused-ring (bicyclic) bond motifs is 5. The molecule has 14 heteroatoms. The summed E-state index contributed by atoms with van der Waals surface area (Å²) in [4.78, 5) is 3.37. The molecule has 4 aromatic rings. The van der Waals surface area contributed by atoms with Gasteiger partial charge in [-0.3, -0.25) is 0 Å². The van der Waals surface area contributed by atoms with Gasteiger partial charge in [-0.1, -0.05) is 119 Å². The largest absolute Gasteiger partial charge is 0.504 e. The molecule has 2 aliphatic heterocycles. The molecule has 9 rings (SSSR count). The molecule has 0 radical (unpaired) electrons. The van der Waals surface area contributed by atoms with E-state index in [2.05, 4.69) is 95.8 Å². The summed E-state index contributed by atoms with van der Waals surface area (Å²) in [5.74, 6) is 7.78. The Morgan fingerprint density at radius 3 is 2.45 bits per heavy atom. The predicted octanol–water partition coefficient (Wildman–Crippen LogP) is 8.47. The van der Waals surface area contributed by atoms with Gasteiger partial charge >= 0.3 is 0 Å². The number of aliphatic hydroxyl groups excluding tert-OH is 6. The Balaban J connectivity index is 1.10. The van der Waals surface area contributed by atoms with Crippen LogP contribution in [0.5, 0.6) is 11.5 Å². The number of aromatic nitrogens is 1. The molecule has 0 spiro atoms. The number of phenolic OH excluding ortho intramolecular Hbond substituents is 1. The van der Waals surface area contributed by atoms with Gasteiger partial charge in [0.2, 0.25) is 0 Å². The number of aromatic amines is 1. The van der Waals surface area contributed by atoms with E-state index in [1.165, 1.54) is 16.7 Å². The number of aliphatic hydroxyl groups is 6. The van der Waals surface area contributed by atoms with E-state index in [0.29, 0.717) is 81.7 Å². The maximum Gasteiger partial charge on any atom is 0.161 e. The lowest BCUT2D eigenvalue weighted by Crippen LogP contribution is -2.42. The highest BCUT2D eigenvalue weighted by Crippen LogP contribution is 2.52. The van der Waals surface area contributed by atoms with Crippen LogP contribution in [0.3, 0.4) is 0 Å². The molecule has 0 saturated carbocycles. The van der Waals surface area contributed by atoms with Crippen LogP contribution >= 0.6 is 21.6 Å². The van der Waals surface area contributed by atoms with Crippen molar-refractivity contribution < 1.29 is 45.2 Å². The zero-order valence-corrected chi connectivity index (χ0v) is 46.2. The minimum absolute atomic E-state index is 0.0344. The Bertz CT molecular complexity index is 2690. The number of allylic oxidation sites excluding steroid dienone is 3. The first-order valence-electron chi connectivity index (χ1n) is 28.1. The molecular formula is C63H81N3O9S2. The number of phenols is 1. The quantitative estimate of drug-likeness (QED) is 0.0273. The van der Waals surface area contributed by atoms with Crippen LogP contribution in [-0.4, -0.2) is 116 Å². The smallest absolute Gasteiger partial charge is 0.161 e. The third kappa shape index (κ3) is 13.9. The topological polar surface area (TPSA) is 214 Å². The van der Waals surface area contributed by atoms with Crippen LogP contribution in [0, 0.1) is 46.8 Å². The molecule has 3 aromatic carbocycles. The number of nitrogens with two attached hydrogens (primary N) is 1. The van der Waals surface area contributed by atoms with Gasteiger partial charge in [0.25, 0.3) is 0 Å². The van der Waals surface area contributed by atoms with Gasteiger partial charge in [0.05, 0.1) is 37.6 Å². The molecule has 414 valence electrons. The summed E-state index contributed by atoms with van der Waals surface area (Å²) in [7, 11) is 3.24. The molecule has 12 nitrogen and oxygen atoms in total. The number of benzene rings is 3. The van der Waals surface area contributed by atoms with Crippen molar-refractivity contribution in [1.82, 2.24) is 10.3 Å². The molecule has 1 fully saturated rings. The number of hydrogen-bond acceptors (Lipinski definition) is 13. The van der Waals surface area contributed by atoms with Gasteiger partial charge in [0.1, 0.15) is 11.9 Å². The van der Waals surface area contributed by atoms with E-state index in [4.69, 9.17) is 15.2 Å². The summed E-state index contributed by atoms with van der Waals surface area (Å²) < 4.78 is 13.5. The second-order valence-electron chi connectivity index (χ2n) is 22.3. The highest BCUT2D eigenvalue weighted by Gasteiger charge is 2.45. The fourth-order valence-corrected chi connectivity index (χ4v) is 15.8. The van der Waals surface area contributed by atoms with Crippen molar-refractivity contribution in [3.63, 3.8) is 0 Å². The molecular weight excluding hydrogens is 1010 g/mol. The number of hydrogen-bond donors (Lipinski definition) is 10. The lowest BCUT2D eigenvalue weighted by Gasteiger charge is -2.38. The summed E-state index contributed by atoms with van der Waals surface area (Å²) in [6.45, 7) is 2.29. The third-order valence-electron chi connectivity index (χ3n) is 17.3. The number of nitrogens with one attached hydrogen (secondary N) is 2. The Morgan fingerprint density at radius 2 is 1.71 bits per heavy atom. The van der Waals surface area contributed by atoms with Crippen molar-refractivity contribution in [2.24, 2.45) is 40.7 Å². The van der Waals surface area contributed by atoms with Crippen LogP contribution in [0.25, 0.3) is 0 Å². The molecule has 11 N–H and O–H groups in total. The molecule has 3 heterocycles. The van der Waals surface area contributed by atoms with Gasteiger partial charge in [0.15, 0.2) is 11.5 Å². The average molecular weight is 1090 g/mol. The maximum atomic E-state index is 12.9. The number of aryl methyl sites for hydroxylation is 1. The van der Waals surface area contributed by atoms with E-state index in [-0.39, 0.29) is 61.6 Å². The van der Waals surface area contributed by atoms with Gasteiger partial charge < -0.3 is 61.3 Å². The van der Waals surface area contributed by atoms with Gasteiger partial charge in [-0.25, -0.2) is 0 Å². The summed E-state index contributed by atoms with van der Waals surface area (Å²) in [5, 5.41) is 84.3. The zero-order valence-electron chi connectivity index (χ0n) is 44.5. The van der Waals surface area contributed by atoms with Crippen molar-refractivity contribution in [2.75, 3.05) is 44.5 Å². The summed E-state index contributed by atoms with van der Waals surface area (Å²) in [5.41, 5.74) is 14.6. The molecule has 0 amide bonds. The lowest BCUT2D eigenvalue weighted by molar-refractivity contribution is -0.0654. The van der Waals surface area contributed by atoms with E-state index in [9.17, 15) is 35.7 Å². The van der Waals surface area contributed by atoms with Gasteiger partial charge in [-0.05, 0) is 147 Å². The van der Waals surface area contributed by atoms with Crippen molar-refractivity contribution in [1.29, 1.82) is 0 Å². The number of rotatable bonds is 17. The number of dihydropyridines is 1. The van der Waals surface area contributed by atoms with Gasteiger partial charge in [-0.2, -0.15) is 0 Å². The number of ether oxygens (including phenoxy) is 2. The number of H-pyrrole nitrogens is 1. The van der Waals surface area contributed by atoms with Crippen LogP contribution in [0.2, 0.25) is 0 Å². The third-order valence-corrected chi connectivity index (χ3v) is 19.7. The standard InChI is InChI=1S/C63H81N3O9S2/c1-2-41-28-45-31-55(71)58(75-59-32-46(29-48-14-9-23-65-48)50-20-24-66-62(64)54(50)39-77-76-38-47(37-69)61(59)73)34-52(45)53-33-56(72)60-43(30-51(41)53)19-21-63(22-25-67,36-49(70)17-18-57(60)74-27-26-68)35-44(42-12-7-4-8-13-42)16-15-40-10-5-3-6-11-40/h3-14,20,23,30-31,34,41,43-44,46-47,49,53,56-57,59-61,65-73H,2,15-18,22,24-29,32-33,35-39,64H2,1H3. The van der Waals surface area contributed by atoms with Crippen LogP contribution < -0.4 is 15.8 Å². The van der Waals surface area contributed by atoms with Crippen molar-refractivity contribution >= 4 is 21.6 Å². The summed E-state index contributed by atoms with van der Waals surface area (Å²) >= 11 is 0. The fourth-order valence-electron chi connectivity index (χ4n) is 13.3. The first-order valence-corrected chi connectivity index (χ1v) is 30.6. The van der Waals surface area contributed by atoms with Crippen LogP contribution in [0.4, 0.5) is 0 Å². The van der Waals surface area contributed by atoms with E-state index in [1.807, 2.05) is 30.5 Å². The van der Waals surface area contributed by atoms with E-state index in [0.717, 1.165) is 47.2 Å². The lowest BCUT2D eigenvalue weighted by atomic mass is 9.69.